The number of nitro benzene ring substituents is 1. The summed E-state index contributed by atoms with van der Waals surface area (Å²) in [6.07, 6.45) is 5.38. The summed E-state index contributed by atoms with van der Waals surface area (Å²) >= 11 is 1.29. The molecule has 10 heteroatoms. The maximum Gasteiger partial charge on any atom is 0.273 e. The van der Waals surface area contributed by atoms with Crippen molar-refractivity contribution in [2.75, 3.05) is 5.01 Å². The van der Waals surface area contributed by atoms with Crippen LogP contribution in [0.15, 0.2) is 93.4 Å². The zero-order valence-electron chi connectivity index (χ0n) is 19.4. The van der Waals surface area contributed by atoms with E-state index in [2.05, 4.69) is 10.1 Å². The first-order chi connectivity index (χ1) is 17.9. The highest BCUT2D eigenvalue weighted by Crippen LogP contribution is 2.30. The third-order valence-corrected chi connectivity index (χ3v) is 6.46. The highest BCUT2D eigenvalue weighted by atomic mass is 32.1. The first kappa shape index (κ1) is 23.8. The number of aromatic nitrogens is 1. The van der Waals surface area contributed by atoms with Gasteiger partial charge in [0, 0.05) is 18.2 Å². The maximum atomic E-state index is 13.2. The van der Waals surface area contributed by atoms with Gasteiger partial charge in [0.15, 0.2) is 0 Å². The van der Waals surface area contributed by atoms with Crippen molar-refractivity contribution in [3.63, 3.8) is 0 Å². The van der Waals surface area contributed by atoms with Gasteiger partial charge in [-0.2, -0.15) is 10.1 Å². The number of thiazole rings is 1. The molecule has 0 unspecified atom stereocenters. The van der Waals surface area contributed by atoms with Gasteiger partial charge in [0.05, 0.1) is 32.3 Å². The van der Waals surface area contributed by atoms with Crippen molar-refractivity contribution in [3.8, 4) is 0 Å². The fraction of sp³-hybridized carbons (Fsp3) is 0.0370. The fourth-order valence-electron chi connectivity index (χ4n) is 3.56. The SMILES string of the molecule is Cc1ccc2nc(N(/N=C/c3coc4ccccc4c3=O)C(=O)/C=C/c3ccc([N+](=O)[O-])cc3)sc2c1. The normalized spacial score (nSPS) is 11.6. The van der Waals surface area contributed by atoms with E-state index in [1.807, 2.05) is 25.1 Å². The van der Waals surface area contributed by atoms with E-state index in [0.29, 0.717) is 27.2 Å². The van der Waals surface area contributed by atoms with E-state index >= 15 is 0 Å². The lowest BCUT2D eigenvalue weighted by molar-refractivity contribution is -0.384. The Balaban J connectivity index is 1.51. The number of aryl methyl sites for hydroxylation is 1. The molecule has 182 valence electrons. The highest BCUT2D eigenvalue weighted by molar-refractivity contribution is 7.22. The summed E-state index contributed by atoms with van der Waals surface area (Å²) < 4.78 is 6.43. The highest BCUT2D eigenvalue weighted by Gasteiger charge is 2.18. The molecule has 0 saturated carbocycles. The monoisotopic (exact) mass is 510 g/mol. The summed E-state index contributed by atoms with van der Waals surface area (Å²) in [4.78, 5) is 41.1. The number of nitrogens with zero attached hydrogens (tertiary/aromatic N) is 4. The van der Waals surface area contributed by atoms with Crippen molar-refractivity contribution in [3.05, 3.63) is 116 Å². The number of anilines is 1. The van der Waals surface area contributed by atoms with E-state index in [9.17, 15) is 19.7 Å². The molecule has 1 amide bonds. The van der Waals surface area contributed by atoms with E-state index in [-0.39, 0.29) is 16.7 Å². The zero-order valence-corrected chi connectivity index (χ0v) is 20.2. The molecule has 0 fully saturated rings. The average Bonchev–Trinajstić information content (AvgIpc) is 3.32. The second-order valence-electron chi connectivity index (χ2n) is 8.06. The Hall–Kier alpha value is -4.96. The second kappa shape index (κ2) is 9.96. The van der Waals surface area contributed by atoms with Crippen LogP contribution in [0.2, 0.25) is 0 Å². The number of hydrogen-bond acceptors (Lipinski definition) is 8. The molecular formula is C27H18N4O5S. The molecule has 37 heavy (non-hydrogen) atoms. The van der Waals surface area contributed by atoms with E-state index < -0.39 is 10.8 Å². The molecule has 5 rings (SSSR count). The van der Waals surface area contributed by atoms with E-state index in [4.69, 9.17) is 4.42 Å². The number of hydrogen-bond donors (Lipinski definition) is 0. The summed E-state index contributed by atoms with van der Waals surface area (Å²) in [7, 11) is 0. The standard InChI is InChI=1S/C27H18N4O5S/c1-17-6-12-22-24(14-17)37-27(29-22)30(25(32)13-9-18-7-10-20(11-8-18)31(34)35)28-15-19-16-36-23-5-3-2-4-21(23)26(19)33/h2-16H,1H3/b13-9+,28-15+. The number of carbonyl (C=O) groups excluding carboxylic acids is 1. The molecule has 0 saturated heterocycles. The number of para-hydroxylation sites is 1. The predicted molar refractivity (Wildman–Crippen MR) is 144 cm³/mol. The molecule has 5 aromatic rings. The van der Waals surface area contributed by atoms with Crippen LogP contribution >= 0.6 is 11.3 Å². The lowest BCUT2D eigenvalue weighted by Crippen LogP contribution is -2.24. The Morgan fingerprint density at radius 2 is 1.92 bits per heavy atom. The van der Waals surface area contributed by atoms with Gasteiger partial charge in [-0.25, -0.2) is 4.98 Å². The van der Waals surface area contributed by atoms with Crippen LogP contribution in [0, 0.1) is 17.0 Å². The molecule has 2 aromatic heterocycles. The Bertz CT molecular complexity index is 1770. The predicted octanol–water partition coefficient (Wildman–Crippen LogP) is 5.70. The van der Waals surface area contributed by atoms with Gasteiger partial charge in [0.1, 0.15) is 11.8 Å². The van der Waals surface area contributed by atoms with E-state index in [1.165, 1.54) is 60.2 Å². The Morgan fingerprint density at radius 3 is 2.70 bits per heavy atom. The van der Waals surface area contributed by atoms with Crippen LogP contribution < -0.4 is 10.4 Å². The molecule has 0 radical (unpaired) electrons. The molecule has 0 aliphatic rings. The van der Waals surface area contributed by atoms with E-state index in [0.717, 1.165) is 15.3 Å². The molecule has 9 nitrogen and oxygen atoms in total. The van der Waals surface area contributed by atoms with Gasteiger partial charge in [-0.1, -0.05) is 29.5 Å². The Morgan fingerprint density at radius 1 is 1.14 bits per heavy atom. The summed E-state index contributed by atoms with van der Waals surface area (Å²) in [5, 5.41) is 17.0. The first-order valence-corrected chi connectivity index (χ1v) is 11.9. The number of rotatable bonds is 6. The molecule has 0 spiro atoms. The minimum atomic E-state index is -0.518. The Kier molecular flexibility index (Phi) is 6.40. The van der Waals surface area contributed by atoms with Crippen molar-refractivity contribution in [1.29, 1.82) is 0 Å². The van der Waals surface area contributed by atoms with Crippen LogP contribution in [0.3, 0.4) is 0 Å². The number of benzene rings is 3. The topological polar surface area (TPSA) is 119 Å². The van der Waals surface area contributed by atoms with Crippen molar-refractivity contribution in [1.82, 2.24) is 4.98 Å². The Labute approximate surface area is 213 Å². The molecule has 0 N–H and O–H groups in total. The van der Waals surface area contributed by atoms with Crippen LogP contribution in [0.4, 0.5) is 10.8 Å². The van der Waals surface area contributed by atoms with Gasteiger partial charge < -0.3 is 4.42 Å². The van der Waals surface area contributed by atoms with Gasteiger partial charge >= 0.3 is 0 Å². The molecule has 3 aromatic carbocycles. The third kappa shape index (κ3) is 5.04. The zero-order chi connectivity index (χ0) is 25.9. The fourth-order valence-corrected chi connectivity index (χ4v) is 4.59. The number of hydrazone groups is 1. The van der Waals surface area contributed by atoms with Gasteiger partial charge in [0.2, 0.25) is 10.6 Å². The third-order valence-electron chi connectivity index (χ3n) is 5.46. The lowest BCUT2D eigenvalue weighted by Gasteiger charge is -2.11. The molecule has 0 atom stereocenters. The molecule has 0 bridgehead atoms. The minimum Gasteiger partial charge on any atom is -0.463 e. The van der Waals surface area contributed by atoms with Crippen molar-refractivity contribution in [2.24, 2.45) is 5.10 Å². The van der Waals surface area contributed by atoms with Crippen molar-refractivity contribution in [2.45, 2.75) is 6.92 Å². The van der Waals surface area contributed by atoms with Crippen molar-refractivity contribution >= 4 is 61.5 Å². The maximum absolute atomic E-state index is 13.2. The average molecular weight is 511 g/mol. The molecule has 2 heterocycles. The van der Waals surface area contributed by atoms with E-state index in [1.54, 1.807) is 24.3 Å². The number of fused-ring (bicyclic) bond motifs is 2. The summed E-state index contributed by atoms with van der Waals surface area (Å²) in [6, 6.07) is 18.4. The first-order valence-electron chi connectivity index (χ1n) is 11.1. The molecule has 0 aliphatic heterocycles. The lowest BCUT2D eigenvalue weighted by atomic mass is 10.2. The number of amides is 1. The summed E-state index contributed by atoms with van der Waals surface area (Å²) in [6.45, 7) is 1.96. The van der Waals surface area contributed by atoms with Gasteiger partial charge in [-0.15, -0.1) is 0 Å². The summed E-state index contributed by atoms with van der Waals surface area (Å²) in [5.74, 6) is -0.518. The molecule has 0 aliphatic carbocycles. The summed E-state index contributed by atoms with van der Waals surface area (Å²) in [5.41, 5.74) is 2.66. The smallest absolute Gasteiger partial charge is 0.273 e. The van der Waals surface area contributed by atoms with Crippen LogP contribution in [0.5, 0.6) is 0 Å². The number of nitro groups is 1. The molecular weight excluding hydrogens is 492 g/mol. The van der Waals surface area contributed by atoms with Crippen molar-refractivity contribution < 1.29 is 14.1 Å². The van der Waals surface area contributed by atoms with Gasteiger partial charge in [0.25, 0.3) is 11.6 Å². The second-order valence-corrected chi connectivity index (χ2v) is 9.07. The van der Waals surface area contributed by atoms with Gasteiger partial charge in [-0.05, 0) is 60.5 Å². The minimum absolute atomic E-state index is 0.0475. The van der Waals surface area contributed by atoms with Gasteiger partial charge in [-0.3, -0.25) is 19.7 Å². The largest absolute Gasteiger partial charge is 0.463 e. The number of non-ortho nitro benzene ring substituents is 1. The van der Waals surface area contributed by atoms with Crippen LogP contribution in [-0.2, 0) is 4.79 Å². The quantitative estimate of drug-likeness (QED) is 0.125. The van der Waals surface area contributed by atoms with Crippen LogP contribution in [0.1, 0.15) is 16.7 Å². The van der Waals surface area contributed by atoms with Crippen LogP contribution in [-0.4, -0.2) is 22.0 Å². The number of carbonyl (C=O) groups is 1. The van der Waals surface area contributed by atoms with Crippen LogP contribution in [0.25, 0.3) is 27.3 Å².